The number of ether oxygens (including phenoxy) is 2. The van der Waals surface area contributed by atoms with Crippen molar-refractivity contribution in [2.75, 3.05) is 0 Å². The van der Waals surface area contributed by atoms with Gasteiger partial charge in [0.1, 0.15) is 19.0 Å². The third-order valence-electron chi connectivity index (χ3n) is 6.53. The lowest BCUT2D eigenvalue weighted by atomic mass is 10.1. The van der Waals surface area contributed by atoms with Gasteiger partial charge in [-0.15, -0.1) is 0 Å². The van der Waals surface area contributed by atoms with Crippen molar-refractivity contribution in [2.45, 2.75) is 13.2 Å². The highest BCUT2D eigenvalue weighted by Crippen LogP contribution is 2.33. The monoisotopic (exact) mass is 531 g/mol. The molecule has 0 unspecified atom stereocenters. The zero-order valence-electron chi connectivity index (χ0n) is 20.5. The van der Waals surface area contributed by atoms with E-state index in [2.05, 4.69) is 0 Å². The zero-order chi connectivity index (χ0) is 27.0. The molecule has 5 aromatic rings. The van der Waals surface area contributed by atoms with E-state index in [9.17, 15) is 19.7 Å². The number of benzene rings is 3. The van der Waals surface area contributed by atoms with Gasteiger partial charge in [-0.25, -0.2) is 4.79 Å². The Balaban J connectivity index is 1.57. The fourth-order valence-electron chi connectivity index (χ4n) is 4.52. The third kappa shape index (κ3) is 4.59. The summed E-state index contributed by atoms with van der Waals surface area (Å²) in [4.78, 5) is 35.6. The van der Waals surface area contributed by atoms with Crippen LogP contribution in [0, 0.1) is 10.1 Å². The Hall–Kier alpha value is -4.63. The molecular formula is C28H22ClN3O6. The van der Waals surface area contributed by atoms with Gasteiger partial charge in [-0.3, -0.25) is 14.9 Å². The molecule has 0 saturated carbocycles. The summed E-state index contributed by atoms with van der Waals surface area (Å²) in [5.74, 6) is -0.0747. The number of hydrogen-bond acceptors (Lipinski definition) is 6. The molecule has 0 bridgehead atoms. The second kappa shape index (κ2) is 10.0. The molecule has 0 aliphatic carbocycles. The second-order valence-electron chi connectivity index (χ2n) is 8.73. The van der Waals surface area contributed by atoms with E-state index in [4.69, 9.17) is 21.1 Å². The smallest absolute Gasteiger partial charge is 0.338 e. The van der Waals surface area contributed by atoms with Gasteiger partial charge in [0, 0.05) is 59.2 Å². The maximum atomic E-state index is 12.8. The Morgan fingerprint density at radius 1 is 0.947 bits per heavy atom. The van der Waals surface area contributed by atoms with Gasteiger partial charge in [-0.2, -0.15) is 0 Å². The predicted octanol–water partition coefficient (Wildman–Crippen LogP) is 5.53. The van der Waals surface area contributed by atoms with Crippen molar-refractivity contribution in [3.05, 3.63) is 115 Å². The van der Waals surface area contributed by atoms with Crippen LogP contribution in [-0.4, -0.2) is 20.0 Å². The second-order valence-corrected chi connectivity index (χ2v) is 9.17. The van der Waals surface area contributed by atoms with Gasteiger partial charge >= 0.3 is 5.97 Å². The number of esters is 1. The Bertz CT molecular complexity index is 1770. The quantitative estimate of drug-likeness (QED) is 0.155. The molecule has 38 heavy (non-hydrogen) atoms. The van der Waals surface area contributed by atoms with Gasteiger partial charge in [0.05, 0.1) is 21.7 Å². The topological polar surface area (TPSA) is 106 Å². The molecule has 0 saturated heterocycles. The van der Waals surface area contributed by atoms with E-state index in [-0.39, 0.29) is 24.5 Å². The first-order chi connectivity index (χ1) is 18.2. The first kappa shape index (κ1) is 25.0. The third-order valence-corrected chi connectivity index (χ3v) is 6.77. The van der Waals surface area contributed by atoms with E-state index >= 15 is 0 Å². The number of nitrogens with zero attached hydrogens (tertiary/aromatic N) is 3. The predicted molar refractivity (Wildman–Crippen MR) is 144 cm³/mol. The lowest BCUT2D eigenvalue weighted by molar-refractivity contribution is -0.384. The van der Waals surface area contributed by atoms with Gasteiger partial charge in [0.25, 0.3) is 11.2 Å². The number of carbonyl (C=O) groups is 1. The van der Waals surface area contributed by atoms with Crippen LogP contribution in [-0.2, 0) is 32.0 Å². The van der Waals surface area contributed by atoms with Crippen LogP contribution in [0.2, 0.25) is 5.02 Å². The summed E-state index contributed by atoms with van der Waals surface area (Å²) in [6.07, 6.45) is 0. The normalized spacial score (nSPS) is 11.1. The minimum atomic E-state index is -0.528. The molecular weight excluding hydrogens is 510 g/mol. The maximum Gasteiger partial charge on any atom is 0.338 e. The van der Waals surface area contributed by atoms with E-state index in [1.54, 1.807) is 35.9 Å². The molecule has 192 valence electrons. The first-order valence-electron chi connectivity index (χ1n) is 11.6. The van der Waals surface area contributed by atoms with E-state index in [1.165, 1.54) is 36.4 Å². The molecule has 10 heteroatoms. The Labute approximate surface area is 221 Å². The van der Waals surface area contributed by atoms with Crippen LogP contribution in [0.3, 0.4) is 0 Å². The molecule has 2 heterocycles. The van der Waals surface area contributed by atoms with Gasteiger partial charge < -0.3 is 18.6 Å². The highest BCUT2D eigenvalue weighted by atomic mass is 35.5. The number of nitro groups is 1. The summed E-state index contributed by atoms with van der Waals surface area (Å²) in [6, 6.07) is 19.4. The van der Waals surface area contributed by atoms with Gasteiger partial charge in [0.2, 0.25) is 0 Å². The number of pyridine rings is 1. The first-order valence-corrected chi connectivity index (χ1v) is 12.0. The van der Waals surface area contributed by atoms with Gasteiger partial charge in [-0.05, 0) is 48.5 Å². The van der Waals surface area contributed by atoms with Crippen molar-refractivity contribution in [1.29, 1.82) is 0 Å². The largest absolute Gasteiger partial charge is 0.487 e. The molecule has 0 amide bonds. The van der Waals surface area contributed by atoms with Crippen LogP contribution in [0.25, 0.3) is 21.8 Å². The van der Waals surface area contributed by atoms with E-state index in [0.29, 0.717) is 16.3 Å². The lowest BCUT2D eigenvalue weighted by Gasteiger charge is -2.11. The number of halogens is 1. The molecule has 3 aromatic carbocycles. The van der Waals surface area contributed by atoms with Crippen LogP contribution in [0.1, 0.15) is 21.6 Å². The van der Waals surface area contributed by atoms with Crippen molar-refractivity contribution in [3.8, 4) is 5.75 Å². The number of hydrogen-bond donors (Lipinski definition) is 0. The molecule has 2 aromatic heterocycles. The number of fused-ring (bicyclic) bond motifs is 3. The Morgan fingerprint density at radius 3 is 2.39 bits per heavy atom. The maximum absolute atomic E-state index is 12.8. The summed E-state index contributed by atoms with van der Waals surface area (Å²) >= 11 is 6.04. The fraction of sp³-hybridized carbons (Fsp3) is 0.143. The number of aryl methyl sites for hydroxylation is 2. The molecule has 0 atom stereocenters. The highest BCUT2D eigenvalue weighted by Gasteiger charge is 2.21. The highest BCUT2D eigenvalue weighted by molar-refractivity contribution is 6.30. The summed E-state index contributed by atoms with van der Waals surface area (Å²) in [5, 5.41) is 13.1. The SMILES string of the molecule is Cn1c(COc2ccc([N+](=O)[O-])cc2)c(COC(=O)c2cccc(Cl)c2)c2c3ccc(=O)n(C)c3ccc21. The van der Waals surface area contributed by atoms with E-state index in [0.717, 1.165) is 33.1 Å². The van der Waals surface area contributed by atoms with Crippen LogP contribution in [0.4, 0.5) is 5.69 Å². The lowest BCUT2D eigenvalue weighted by Crippen LogP contribution is -2.15. The van der Waals surface area contributed by atoms with Crippen LogP contribution in [0.5, 0.6) is 5.75 Å². The average Bonchev–Trinajstić information content (AvgIpc) is 3.19. The van der Waals surface area contributed by atoms with Gasteiger partial charge in [0.15, 0.2) is 0 Å². The van der Waals surface area contributed by atoms with Crippen LogP contribution < -0.4 is 10.3 Å². The Kier molecular flexibility index (Phi) is 6.61. The molecule has 0 aliphatic heterocycles. The average molecular weight is 532 g/mol. The number of aromatic nitrogens is 2. The van der Waals surface area contributed by atoms with Crippen molar-refractivity contribution in [2.24, 2.45) is 14.1 Å². The minimum Gasteiger partial charge on any atom is -0.487 e. The van der Waals surface area contributed by atoms with E-state index < -0.39 is 10.9 Å². The van der Waals surface area contributed by atoms with Crippen LogP contribution in [0.15, 0.2) is 77.6 Å². The molecule has 9 nitrogen and oxygen atoms in total. The van der Waals surface area contributed by atoms with E-state index in [1.807, 2.05) is 23.7 Å². The molecule has 0 N–H and O–H groups in total. The zero-order valence-corrected chi connectivity index (χ0v) is 21.3. The van der Waals surface area contributed by atoms with Crippen LogP contribution >= 0.6 is 11.6 Å². The number of nitro benzene ring substituents is 1. The molecule has 5 rings (SSSR count). The number of rotatable bonds is 7. The summed E-state index contributed by atoms with van der Waals surface area (Å²) in [5.41, 5.74) is 3.24. The van der Waals surface area contributed by atoms with Gasteiger partial charge in [-0.1, -0.05) is 17.7 Å². The molecule has 0 radical (unpaired) electrons. The Morgan fingerprint density at radius 2 is 1.68 bits per heavy atom. The van der Waals surface area contributed by atoms with Crippen molar-refractivity contribution < 1.29 is 19.2 Å². The summed E-state index contributed by atoms with van der Waals surface area (Å²) < 4.78 is 15.2. The van der Waals surface area contributed by atoms with Crippen molar-refractivity contribution in [1.82, 2.24) is 9.13 Å². The minimum absolute atomic E-state index is 0.0346. The molecule has 0 spiro atoms. The summed E-state index contributed by atoms with van der Waals surface area (Å²) in [7, 11) is 3.59. The number of non-ortho nitro benzene ring substituents is 1. The van der Waals surface area contributed by atoms with Crippen molar-refractivity contribution >= 4 is 45.1 Å². The number of carbonyl (C=O) groups excluding carboxylic acids is 1. The molecule has 0 aliphatic rings. The summed E-state index contributed by atoms with van der Waals surface area (Å²) in [6.45, 7) is 0.0594. The van der Waals surface area contributed by atoms with Crippen molar-refractivity contribution in [3.63, 3.8) is 0 Å². The fourth-order valence-corrected chi connectivity index (χ4v) is 4.71. The molecule has 0 fully saturated rings. The standard InChI is InChI=1S/C28H22ClN3O6/c1-30-24-12-11-23-21(10-13-26(33)31(23)2)27(24)22(15-38-28(34)17-4-3-5-18(29)14-17)25(30)16-37-20-8-6-19(7-9-20)32(35)36/h3-14H,15-16H2,1-2H3.